The molecule has 0 radical (unpaired) electrons. The minimum absolute atomic E-state index is 0.185. The monoisotopic (exact) mass is 328 g/mol. The zero-order valence-corrected chi connectivity index (χ0v) is 13.7. The Hall–Kier alpha value is -3.47. The van der Waals surface area contributed by atoms with Crippen LogP contribution in [-0.2, 0) is 0 Å². The standard InChI is InChI=1S/C20H16N4O/c1-24(23-20(25)14-10-12-21-13-11-14)19-15-6-2-4-8-17(15)22-18-9-5-3-7-16(18)19/h2-13H,1H3,(H,23,25). The molecule has 5 nitrogen and oxygen atoms in total. The molecule has 25 heavy (non-hydrogen) atoms. The number of nitrogens with zero attached hydrogens (tertiary/aromatic N) is 3. The largest absolute Gasteiger partial charge is 0.287 e. The summed E-state index contributed by atoms with van der Waals surface area (Å²) in [5, 5.41) is 3.73. The maximum atomic E-state index is 12.5. The van der Waals surface area contributed by atoms with Crippen molar-refractivity contribution < 1.29 is 4.79 Å². The summed E-state index contributed by atoms with van der Waals surface area (Å²) in [6.07, 6.45) is 3.21. The van der Waals surface area contributed by atoms with Crippen LogP contribution in [0.4, 0.5) is 5.69 Å². The van der Waals surface area contributed by atoms with E-state index in [0.717, 1.165) is 27.5 Å². The average Bonchev–Trinajstić information content (AvgIpc) is 2.66. The average molecular weight is 328 g/mol. The third-order valence-electron chi connectivity index (χ3n) is 4.11. The molecule has 1 amide bonds. The molecule has 4 aromatic rings. The molecule has 0 bridgehead atoms. The van der Waals surface area contributed by atoms with Crippen LogP contribution < -0.4 is 10.4 Å². The summed E-state index contributed by atoms with van der Waals surface area (Å²) in [5.74, 6) is -0.185. The van der Waals surface area contributed by atoms with Gasteiger partial charge in [-0.2, -0.15) is 0 Å². The summed E-state index contributed by atoms with van der Waals surface area (Å²) < 4.78 is 0. The van der Waals surface area contributed by atoms with E-state index in [9.17, 15) is 4.79 Å². The minimum Gasteiger partial charge on any atom is -0.287 e. The number of hydrogen-bond donors (Lipinski definition) is 1. The molecule has 5 heteroatoms. The van der Waals surface area contributed by atoms with Gasteiger partial charge in [0.2, 0.25) is 0 Å². The van der Waals surface area contributed by atoms with Crippen molar-refractivity contribution in [2.75, 3.05) is 12.1 Å². The lowest BCUT2D eigenvalue weighted by Crippen LogP contribution is -2.39. The Bertz CT molecular complexity index is 1010. The maximum Gasteiger partial charge on any atom is 0.269 e. The van der Waals surface area contributed by atoms with Gasteiger partial charge in [-0.15, -0.1) is 0 Å². The van der Waals surface area contributed by atoms with Crippen LogP contribution in [0.5, 0.6) is 0 Å². The van der Waals surface area contributed by atoms with Gasteiger partial charge in [0.15, 0.2) is 0 Å². The lowest BCUT2D eigenvalue weighted by atomic mass is 10.1. The van der Waals surface area contributed by atoms with Crippen molar-refractivity contribution >= 4 is 33.4 Å². The second kappa shape index (κ2) is 6.20. The van der Waals surface area contributed by atoms with E-state index in [2.05, 4.69) is 10.4 Å². The molecular weight excluding hydrogens is 312 g/mol. The van der Waals surface area contributed by atoms with Crippen LogP contribution in [0.15, 0.2) is 73.1 Å². The van der Waals surface area contributed by atoms with Gasteiger partial charge in [-0.25, -0.2) is 4.98 Å². The van der Waals surface area contributed by atoms with E-state index in [1.54, 1.807) is 29.5 Å². The van der Waals surface area contributed by atoms with Gasteiger partial charge < -0.3 is 0 Å². The Morgan fingerprint density at radius 3 is 2.04 bits per heavy atom. The van der Waals surface area contributed by atoms with Crippen LogP contribution in [0.1, 0.15) is 10.4 Å². The van der Waals surface area contributed by atoms with Gasteiger partial charge in [-0.3, -0.25) is 20.2 Å². The van der Waals surface area contributed by atoms with Gasteiger partial charge in [-0.05, 0) is 24.3 Å². The smallest absolute Gasteiger partial charge is 0.269 e. The number of benzene rings is 2. The summed E-state index contributed by atoms with van der Waals surface area (Å²) in [6, 6.07) is 19.2. The van der Waals surface area contributed by atoms with E-state index in [4.69, 9.17) is 4.98 Å². The van der Waals surface area contributed by atoms with Crippen LogP contribution in [0.3, 0.4) is 0 Å². The molecule has 122 valence electrons. The summed E-state index contributed by atoms with van der Waals surface area (Å²) in [5.41, 5.74) is 6.20. The Morgan fingerprint density at radius 2 is 1.44 bits per heavy atom. The number of carbonyl (C=O) groups excluding carboxylic acids is 1. The number of amides is 1. The third-order valence-corrected chi connectivity index (χ3v) is 4.11. The lowest BCUT2D eigenvalue weighted by Gasteiger charge is -2.23. The van der Waals surface area contributed by atoms with Gasteiger partial charge in [0.1, 0.15) is 0 Å². The van der Waals surface area contributed by atoms with Crippen molar-refractivity contribution in [3.05, 3.63) is 78.6 Å². The lowest BCUT2D eigenvalue weighted by molar-refractivity contribution is 0.0951. The van der Waals surface area contributed by atoms with E-state index in [1.165, 1.54) is 0 Å². The van der Waals surface area contributed by atoms with E-state index < -0.39 is 0 Å². The fourth-order valence-electron chi connectivity index (χ4n) is 2.96. The normalized spacial score (nSPS) is 10.8. The number of aromatic nitrogens is 2. The number of rotatable bonds is 3. The summed E-state index contributed by atoms with van der Waals surface area (Å²) in [6.45, 7) is 0. The molecule has 2 aromatic heterocycles. The number of fused-ring (bicyclic) bond motifs is 2. The van der Waals surface area contributed by atoms with Crippen molar-refractivity contribution in [1.29, 1.82) is 0 Å². The van der Waals surface area contributed by atoms with Crippen molar-refractivity contribution in [2.24, 2.45) is 0 Å². The highest BCUT2D eigenvalue weighted by molar-refractivity contribution is 6.08. The first-order valence-electron chi connectivity index (χ1n) is 7.96. The van der Waals surface area contributed by atoms with Crippen molar-refractivity contribution in [3.8, 4) is 0 Å². The van der Waals surface area contributed by atoms with E-state index in [-0.39, 0.29) is 5.91 Å². The molecular formula is C20H16N4O. The molecule has 0 aliphatic rings. The quantitative estimate of drug-likeness (QED) is 0.461. The first kappa shape index (κ1) is 15.1. The van der Waals surface area contributed by atoms with E-state index >= 15 is 0 Å². The summed E-state index contributed by atoms with van der Waals surface area (Å²) in [4.78, 5) is 21.2. The van der Waals surface area contributed by atoms with E-state index in [1.807, 2.05) is 55.6 Å². The topological polar surface area (TPSA) is 58.1 Å². The first-order valence-corrected chi connectivity index (χ1v) is 7.96. The van der Waals surface area contributed by atoms with Crippen LogP contribution in [0.25, 0.3) is 21.8 Å². The Kier molecular flexibility index (Phi) is 3.74. The second-order valence-electron chi connectivity index (χ2n) is 5.73. The third kappa shape index (κ3) is 2.76. The van der Waals surface area contributed by atoms with Crippen molar-refractivity contribution in [3.63, 3.8) is 0 Å². The SMILES string of the molecule is CN(NC(=O)c1ccncc1)c1c2ccccc2nc2ccccc12. The Labute approximate surface area is 144 Å². The Morgan fingerprint density at radius 1 is 0.880 bits per heavy atom. The Balaban J connectivity index is 1.82. The highest BCUT2D eigenvalue weighted by Gasteiger charge is 2.15. The molecule has 1 N–H and O–H groups in total. The minimum atomic E-state index is -0.185. The highest BCUT2D eigenvalue weighted by Crippen LogP contribution is 2.32. The highest BCUT2D eigenvalue weighted by atomic mass is 16.2. The van der Waals surface area contributed by atoms with Crippen molar-refractivity contribution in [1.82, 2.24) is 15.4 Å². The molecule has 0 unspecified atom stereocenters. The number of hydrazine groups is 1. The number of para-hydroxylation sites is 2. The van der Waals surface area contributed by atoms with Crippen molar-refractivity contribution in [2.45, 2.75) is 0 Å². The summed E-state index contributed by atoms with van der Waals surface area (Å²) in [7, 11) is 1.84. The predicted molar refractivity (Wildman–Crippen MR) is 99.4 cm³/mol. The number of anilines is 1. The number of pyridine rings is 2. The fourth-order valence-corrected chi connectivity index (χ4v) is 2.96. The zero-order chi connectivity index (χ0) is 17.2. The first-order chi connectivity index (χ1) is 12.2. The number of hydrogen-bond acceptors (Lipinski definition) is 4. The fraction of sp³-hybridized carbons (Fsp3) is 0.0500. The summed E-state index contributed by atoms with van der Waals surface area (Å²) >= 11 is 0. The van der Waals surface area contributed by atoms with Crippen LogP contribution in [0, 0.1) is 0 Å². The second-order valence-corrected chi connectivity index (χ2v) is 5.73. The van der Waals surface area contributed by atoms with Crippen LogP contribution >= 0.6 is 0 Å². The molecule has 2 heterocycles. The molecule has 2 aromatic carbocycles. The molecule has 0 aliphatic carbocycles. The molecule has 0 fully saturated rings. The van der Waals surface area contributed by atoms with Gasteiger partial charge in [0, 0.05) is 35.8 Å². The van der Waals surface area contributed by atoms with E-state index in [0.29, 0.717) is 5.56 Å². The van der Waals surface area contributed by atoms with Gasteiger partial charge in [0.05, 0.1) is 16.7 Å². The number of carbonyl (C=O) groups is 1. The molecule has 0 atom stereocenters. The van der Waals surface area contributed by atoms with Gasteiger partial charge >= 0.3 is 0 Å². The van der Waals surface area contributed by atoms with Gasteiger partial charge in [-0.1, -0.05) is 36.4 Å². The van der Waals surface area contributed by atoms with Gasteiger partial charge in [0.25, 0.3) is 5.91 Å². The van der Waals surface area contributed by atoms with Crippen LogP contribution in [0.2, 0.25) is 0 Å². The molecule has 0 saturated carbocycles. The molecule has 0 spiro atoms. The zero-order valence-electron chi connectivity index (χ0n) is 13.7. The van der Waals surface area contributed by atoms with Crippen LogP contribution in [-0.4, -0.2) is 22.9 Å². The molecule has 0 aliphatic heterocycles. The number of nitrogens with one attached hydrogen (secondary N) is 1. The predicted octanol–water partition coefficient (Wildman–Crippen LogP) is 3.56. The molecule has 0 saturated heterocycles. The molecule has 4 rings (SSSR count). The maximum absolute atomic E-state index is 12.5.